The van der Waals surface area contributed by atoms with E-state index in [-0.39, 0.29) is 6.04 Å². The Bertz CT molecular complexity index is 350. The molecule has 0 bridgehead atoms. The average molecular weight is 243 g/mol. The molecule has 0 fully saturated rings. The van der Waals surface area contributed by atoms with Gasteiger partial charge in [-0.15, -0.1) is 11.8 Å². The molecule has 4 heteroatoms. The first-order valence-electron chi connectivity index (χ1n) is 4.78. The standard InChI is InChI=1S/C11H15ClN2S/c1-8(2)14-11(13)7-15-10-5-3-4-9(12)6-10/h3-6,8H,7H2,1-2H3,(H2,13,14). The van der Waals surface area contributed by atoms with Gasteiger partial charge in [0.25, 0.3) is 0 Å². The molecule has 0 spiro atoms. The van der Waals surface area contributed by atoms with Gasteiger partial charge >= 0.3 is 0 Å². The van der Waals surface area contributed by atoms with Crippen LogP contribution in [0.5, 0.6) is 0 Å². The summed E-state index contributed by atoms with van der Waals surface area (Å²) in [5, 5.41) is 0.749. The summed E-state index contributed by atoms with van der Waals surface area (Å²) < 4.78 is 0. The summed E-state index contributed by atoms with van der Waals surface area (Å²) in [4.78, 5) is 5.37. The summed E-state index contributed by atoms with van der Waals surface area (Å²) in [5.74, 6) is 1.38. The summed E-state index contributed by atoms with van der Waals surface area (Å²) >= 11 is 7.51. The molecule has 15 heavy (non-hydrogen) atoms. The zero-order chi connectivity index (χ0) is 11.3. The molecule has 82 valence electrons. The van der Waals surface area contributed by atoms with Crippen molar-refractivity contribution in [2.45, 2.75) is 24.8 Å². The van der Waals surface area contributed by atoms with E-state index in [0.29, 0.717) is 11.6 Å². The number of thioether (sulfide) groups is 1. The van der Waals surface area contributed by atoms with E-state index in [9.17, 15) is 0 Å². The van der Waals surface area contributed by atoms with Gasteiger partial charge in [0, 0.05) is 16.0 Å². The molecule has 0 heterocycles. The molecule has 0 saturated heterocycles. The minimum Gasteiger partial charge on any atom is -0.387 e. The maximum Gasteiger partial charge on any atom is 0.104 e. The highest BCUT2D eigenvalue weighted by molar-refractivity contribution is 8.00. The van der Waals surface area contributed by atoms with Crippen LogP contribution in [0.15, 0.2) is 34.2 Å². The zero-order valence-corrected chi connectivity index (χ0v) is 10.5. The second-order valence-electron chi connectivity index (χ2n) is 3.46. The lowest BCUT2D eigenvalue weighted by molar-refractivity contribution is 0.833. The average Bonchev–Trinajstić information content (AvgIpc) is 2.14. The van der Waals surface area contributed by atoms with Crippen molar-refractivity contribution in [3.8, 4) is 0 Å². The smallest absolute Gasteiger partial charge is 0.104 e. The molecular weight excluding hydrogens is 228 g/mol. The Morgan fingerprint density at radius 2 is 2.27 bits per heavy atom. The van der Waals surface area contributed by atoms with Crippen LogP contribution in [0.1, 0.15) is 13.8 Å². The summed E-state index contributed by atoms with van der Waals surface area (Å²) in [6.07, 6.45) is 0. The fourth-order valence-electron chi connectivity index (χ4n) is 1.08. The predicted molar refractivity (Wildman–Crippen MR) is 68.9 cm³/mol. The molecule has 0 unspecified atom stereocenters. The van der Waals surface area contributed by atoms with E-state index < -0.39 is 0 Å². The first-order chi connectivity index (χ1) is 7.08. The van der Waals surface area contributed by atoms with E-state index >= 15 is 0 Å². The van der Waals surface area contributed by atoms with Crippen LogP contribution in [0.2, 0.25) is 5.02 Å². The van der Waals surface area contributed by atoms with Gasteiger partial charge in [0.1, 0.15) is 5.84 Å². The molecule has 1 aromatic carbocycles. The van der Waals surface area contributed by atoms with Crippen molar-refractivity contribution in [3.63, 3.8) is 0 Å². The normalized spacial score (nSPS) is 12.1. The number of nitrogens with two attached hydrogens (primary N) is 1. The molecule has 0 aliphatic heterocycles. The molecule has 0 aromatic heterocycles. The summed E-state index contributed by atoms with van der Waals surface area (Å²) in [6, 6.07) is 7.98. The van der Waals surface area contributed by atoms with Crippen LogP contribution >= 0.6 is 23.4 Å². The van der Waals surface area contributed by atoms with E-state index in [2.05, 4.69) is 4.99 Å². The highest BCUT2D eigenvalue weighted by Gasteiger charge is 1.98. The van der Waals surface area contributed by atoms with Crippen LogP contribution in [-0.4, -0.2) is 17.6 Å². The summed E-state index contributed by atoms with van der Waals surface area (Å²) in [5.41, 5.74) is 5.76. The fraction of sp³-hybridized carbons (Fsp3) is 0.364. The van der Waals surface area contributed by atoms with Crippen molar-refractivity contribution in [3.05, 3.63) is 29.3 Å². The Hall–Kier alpha value is -0.670. The Morgan fingerprint density at radius 3 is 2.87 bits per heavy atom. The van der Waals surface area contributed by atoms with Gasteiger partial charge in [-0.3, -0.25) is 4.99 Å². The van der Waals surface area contributed by atoms with E-state index in [1.807, 2.05) is 38.1 Å². The minimum absolute atomic E-state index is 0.255. The largest absolute Gasteiger partial charge is 0.387 e. The zero-order valence-electron chi connectivity index (χ0n) is 8.90. The highest BCUT2D eigenvalue weighted by atomic mass is 35.5. The third-order valence-corrected chi connectivity index (χ3v) is 2.87. The van der Waals surface area contributed by atoms with Gasteiger partial charge in [-0.2, -0.15) is 0 Å². The number of benzene rings is 1. The third-order valence-electron chi connectivity index (χ3n) is 1.61. The number of hydrogen-bond donors (Lipinski definition) is 1. The van der Waals surface area contributed by atoms with E-state index in [4.69, 9.17) is 17.3 Å². The molecule has 0 atom stereocenters. The van der Waals surface area contributed by atoms with E-state index in [1.165, 1.54) is 0 Å². The number of rotatable bonds is 4. The minimum atomic E-state index is 0.255. The maximum absolute atomic E-state index is 5.87. The van der Waals surface area contributed by atoms with Crippen molar-refractivity contribution in [2.24, 2.45) is 10.7 Å². The molecule has 2 N–H and O–H groups in total. The van der Waals surface area contributed by atoms with Crippen molar-refractivity contribution in [1.82, 2.24) is 0 Å². The first kappa shape index (κ1) is 12.4. The fourth-order valence-corrected chi connectivity index (χ4v) is 2.11. The maximum atomic E-state index is 5.87. The molecule has 0 radical (unpaired) electrons. The second-order valence-corrected chi connectivity index (χ2v) is 4.95. The van der Waals surface area contributed by atoms with Gasteiger partial charge in [-0.05, 0) is 32.0 Å². The lowest BCUT2D eigenvalue weighted by Crippen LogP contribution is -2.16. The third kappa shape index (κ3) is 5.09. The predicted octanol–water partition coefficient (Wildman–Crippen LogP) is 3.20. The number of hydrogen-bond acceptors (Lipinski definition) is 2. The molecule has 0 saturated carbocycles. The quantitative estimate of drug-likeness (QED) is 0.500. The van der Waals surface area contributed by atoms with E-state index in [0.717, 1.165) is 9.92 Å². The Labute approximate surface area is 99.9 Å². The van der Waals surface area contributed by atoms with Gasteiger partial charge in [-0.1, -0.05) is 17.7 Å². The van der Waals surface area contributed by atoms with Crippen LogP contribution < -0.4 is 5.73 Å². The number of aliphatic imine (C=N–C) groups is 1. The molecule has 0 aliphatic rings. The number of halogens is 1. The lowest BCUT2D eigenvalue weighted by Gasteiger charge is -2.03. The van der Waals surface area contributed by atoms with E-state index in [1.54, 1.807) is 11.8 Å². The van der Waals surface area contributed by atoms with Crippen LogP contribution in [0.3, 0.4) is 0 Å². The molecule has 1 aromatic rings. The van der Waals surface area contributed by atoms with Gasteiger partial charge in [0.2, 0.25) is 0 Å². The monoisotopic (exact) mass is 242 g/mol. The van der Waals surface area contributed by atoms with Crippen molar-refractivity contribution in [2.75, 3.05) is 5.75 Å². The van der Waals surface area contributed by atoms with Crippen LogP contribution in [-0.2, 0) is 0 Å². The van der Waals surface area contributed by atoms with Crippen LogP contribution in [0.4, 0.5) is 0 Å². The van der Waals surface area contributed by atoms with Crippen LogP contribution in [0, 0.1) is 0 Å². The molecule has 2 nitrogen and oxygen atoms in total. The summed E-state index contributed by atoms with van der Waals surface area (Å²) in [6.45, 7) is 4.02. The van der Waals surface area contributed by atoms with Crippen molar-refractivity contribution >= 4 is 29.2 Å². The molecule has 0 aliphatic carbocycles. The Kier molecular flexibility index (Phi) is 4.99. The van der Waals surface area contributed by atoms with Gasteiger partial charge in [-0.25, -0.2) is 0 Å². The Balaban J connectivity index is 2.50. The van der Waals surface area contributed by atoms with Crippen molar-refractivity contribution in [1.29, 1.82) is 0 Å². The van der Waals surface area contributed by atoms with Gasteiger partial charge in [0.15, 0.2) is 0 Å². The topological polar surface area (TPSA) is 38.4 Å². The SMILES string of the molecule is CC(C)N=C(N)CSc1cccc(Cl)c1. The number of amidine groups is 1. The number of nitrogens with zero attached hydrogens (tertiary/aromatic N) is 1. The lowest BCUT2D eigenvalue weighted by atomic mass is 10.4. The summed E-state index contributed by atoms with van der Waals surface area (Å²) in [7, 11) is 0. The molecule has 1 rings (SSSR count). The Morgan fingerprint density at radius 1 is 1.53 bits per heavy atom. The van der Waals surface area contributed by atoms with Crippen LogP contribution in [0.25, 0.3) is 0 Å². The van der Waals surface area contributed by atoms with Gasteiger partial charge in [0.05, 0.1) is 5.75 Å². The first-order valence-corrected chi connectivity index (χ1v) is 6.15. The molecule has 0 amide bonds. The highest BCUT2D eigenvalue weighted by Crippen LogP contribution is 2.21. The second kappa shape index (κ2) is 6.03. The van der Waals surface area contributed by atoms with Gasteiger partial charge < -0.3 is 5.73 Å². The molecular formula is C11H15ClN2S. The van der Waals surface area contributed by atoms with Crippen molar-refractivity contribution < 1.29 is 0 Å².